The molecule has 0 aromatic heterocycles. The highest BCUT2D eigenvalue weighted by Crippen LogP contribution is 2.26. The molecule has 36 heavy (non-hydrogen) atoms. The fraction of sp³-hybridized carbons (Fsp3) is 0.370. The van der Waals surface area contributed by atoms with Crippen molar-refractivity contribution in [2.45, 2.75) is 45.4 Å². The van der Waals surface area contributed by atoms with Crippen LogP contribution in [-0.2, 0) is 14.3 Å². The highest BCUT2D eigenvalue weighted by molar-refractivity contribution is 5.99. The predicted octanol–water partition coefficient (Wildman–Crippen LogP) is 3.75. The van der Waals surface area contributed by atoms with Crippen molar-refractivity contribution in [3.63, 3.8) is 0 Å². The molecular formula is C27H35N3O6. The monoisotopic (exact) mass is 497 g/mol. The molecule has 2 atom stereocenters. The molecule has 0 radical (unpaired) electrons. The van der Waals surface area contributed by atoms with Crippen LogP contribution in [0.3, 0.4) is 0 Å². The van der Waals surface area contributed by atoms with Gasteiger partial charge in [0.1, 0.15) is 23.4 Å². The fourth-order valence-electron chi connectivity index (χ4n) is 3.51. The number of anilines is 1. The van der Waals surface area contributed by atoms with Crippen LogP contribution in [0.4, 0.5) is 10.5 Å². The second-order valence-corrected chi connectivity index (χ2v) is 9.00. The topological polar surface area (TPSA) is 117 Å². The molecule has 0 saturated carbocycles. The number of likely N-dealkylation sites (N-methyl/N-ethyl adjacent to an activating group) is 1. The van der Waals surface area contributed by atoms with E-state index in [-0.39, 0.29) is 6.54 Å². The molecule has 3 N–H and O–H groups in total. The van der Waals surface area contributed by atoms with Crippen LogP contribution in [-0.4, -0.2) is 59.8 Å². The summed E-state index contributed by atoms with van der Waals surface area (Å²) in [6.07, 6.45) is 0.791. The summed E-state index contributed by atoms with van der Waals surface area (Å²) in [7, 11) is 1.55. The SMILES string of the molecule is C=Cc1cccc(C(C(=O)Nc2ccc(OC)cc2)N(CC)C(=O)C(CO)NC(=O)OC(C)(C)C)c1. The Labute approximate surface area is 212 Å². The van der Waals surface area contributed by atoms with Crippen LogP contribution < -0.4 is 15.4 Å². The van der Waals surface area contributed by atoms with Crippen molar-refractivity contribution in [3.8, 4) is 5.75 Å². The van der Waals surface area contributed by atoms with Crippen molar-refractivity contribution in [3.05, 3.63) is 66.2 Å². The quantitative estimate of drug-likeness (QED) is 0.460. The van der Waals surface area contributed by atoms with E-state index in [1.165, 1.54) is 4.90 Å². The minimum Gasteiger partial charge on any atom is -0.497 e. The minimum atomic E-state index is -1.31. The maximum Gasteiger partial charge on any atom is 0.408 e. The van der Waals surface area contributed by atoms with Gasteiger partial charge in [0.2, 0.25) is 5.91 Å². The van der Waals surface area contributed by atoms with E-state index in [9.17, 15) is 19.5 Å². The van der Waals surface area contributed by atoms with Crippen LogP contribution >= 0.6 is 0 Å². The van der Waals surface area contributed by atoms with Gasteiger partial charge in [0, 0.05) is 12.2 Å². The van der Waals surface area contributed by atoms with Crippen LogP contribution in [0, 0.1) is 0 Å². The van der Waals surface area contributed by atoms with Crippen LogP contribution in [0.2, 0.25) is 0 Å². The molecule has 194 valence electrons. The molecule has 3 amide bonds. The molecule has 0 fully saturated rings. The number of alkyl carbamates (subject to hydrolysis) is 1. The molecule has 2 rings (SSSR count). The summed E-state index contributed by atoms with van der Waals surface area (Å²) in [5.41, 5.74) is 1.04. The Balaban J connectivity index is 2.41. The number of nitrogens with zero attached hydrogens (tertiary/aromatic N) is 1. The largest absolute Gasteiger partial charge is 0.497 e. The van der Waals surface area contributed by atoms with E-state index in [2.05, 4.69) is 17.2 Å². The van der Waals surface area contributed by atoms with Gasteiger partial charge >= 0.3 is 6.09 Å². The second-order valence-electron chi connectivity index (χ2n) is 9.00. The molecule has 2 unspecified atom stereocenters. The van der Waals surface area contributed by atoms with Gasteiger partial charge in [-0.15, -0.1) is 0 Å². The van der Waals surface area contributed by atoms with E-state index >= 15 is 0 Å². The zero-order valence-corrected chi connectivity index (χ0v) is 21.4. The first-order valence-corrected chi connectivity index (χ1v) is 11.6. The van der Waals surface area contributed by atoms with Crippen molar-refractivity contribution >= 4 is 29.7 Å². The van der Waals surface area contributed by atoms with Crippen LogP contribution in [0.15, 0.2) is 55.1 Å². The molecule has 0 bridgehead atoms. The van der Waals surface area contributed by atoms with Gasteiger partial charge in [-0.25, -0.2) is 4.79 Å². The summed E-state index contributed by atoms with van der Waals surface area (Å²) in [5.74, 6) is -0.470. The number of amides is 3. The van der Waals surface area contributed by atoms with Crippen molar-refractivity contribution < 1.29 is 29.0 Å². The Morgan fingerprint density at radius 3 is 2.33 bits per heavy atom. The molecule has 9 nitrogen and oxygen atoms in total. The first-order chi connectivity index (χ1) is 17.0. The summed E-state index contributed by atoms with van der Waals surface area (Å²) < 4.78 is 10.4. The third-order valence-electron chi connectivity index (χ3n) is 5.18. The number of rotatable bonds is 10. The van der Waals surface area contributed by atoms with E-state index in [4.69, 9.17) is 9.47 Å². The molecular weight excluding hydrogens is 462 g/mol. The maximum atomic E-state index is 13.6. The van der Waals surface area contributed by atoms with Gasteiger partial charge in [0.05, 0.1) is 13.7 Å². The molecule has 0 aliphatic rings. The fourth-order valence-corrected chi connectivity index (χ4v) is 3.51. The Kier molecular flexibility index (Phi) is 10.0. The van der Waals surface area contributed by atoms with Gasteiger partial charge in [-0.1, -0.05) is 30.9 Å². The van der Waals surface area contributed by atoms with E-state index in [1.54, 1.807) is 83.3 Å². The lowest BCUT2D eigenvalue weighted by Gasteiger charge is -2.33. The van der Waals surface area contributed by atoms with Gasteiger partial charge in [-0.2, -0.15) is 0 Å². The standard InChI is InChI=1S/C27H35N3O6/c1-7-18-10-9-11-19(16-18)23(24(32)28-20-12-14-21(35-6)15-13-20)30(8-2)25(33)22(17-31)29-26(34)36-27(3,4)5/h7,9-16,22-23,31H,1,8,17H2,2-6H3,(H,28,32)(H,29,34). The Bertz CT molecular complexity index is 1060. The summed E-state index contributed by atoms with van der Waals surface area (Å²) >= 11 is 0. The Morgan fingerprint density at radius 1 is 1.14 bits per heavy atom. The number of carbonyl (C=O) groups excluding carboxylic acids is 3. The van der Waals surface area contributed by atoms with Crippen molar-refractivity contribution in [1.82, 2.24) is 10.2 Å². The number of carbonyl (C=O) groups is 3. The Hall–Kier alpha value is -3.85. The van der Waals surface area contributed by atoms with E-state index in [1.807, 2.05) is 6.07 Å². The minimum absolute atomic E-state index is 0.129. The lowest BCUT2D eigenvalue weighted by Crippen LogP contribution is -2.53. The zero-order valence-electron chi connectivity index (χ0n) is 21.4. The summed E-state index contributed by atoms with van der Waals surface area (Å²) in [6.45, 7) is 10.0. The average molecular weight is 498 g/mol. The van der Waals surface area contributed by atoms with Gasteiger partial charge < -0.3 is 30.1 Å². The lowest BCUT2D eigenvalue weighted by atomic mass is 10.0. The van der Waals surface area contributed by atoms with Crippen LogP contribution in [0.25, 0.3) is 6.08 Å². The normalized spacial score (nSPS) is 12.6. The number of hydrogen-bond donors (Lipinski definition) is 3. The lowest BCUT2D eigenvalue weighted by molar-refractivity contribution is -0.141. The van der Waals surface area contributed by atoms with E-state index in [0.717, 1.165) is 5.56 Å². The summed E-state index contributed by atoms with van der Waals surface area (Å²) in [6, 6.07) is 11.5. The first-order valence-electron chi connectivity index (χ1n) is 11.6. The second kappa shape index (κ2) is 12.7. The molecule has 0 aliphatic heterocycles. The summed E-state index contributed by atoms with van der Waals surface area (Å²) in [4.78, 5) is 40.6. The van der Waals surface area contributed by atoms with Crippen molar-refractivity contribution in [2.75, 3.05) is 25.6 Å². The van der Waals surface area contributed by atoms with Gasteiger partial charge in [-0.3, -0.25) is 9.59 Å². The maximum absolute atomic E-state index is 13.6. The number of hydrogen-bond acceptors (Lipinski definition) is 6. The number of benzene rings is 2. The number of methoxy groups -OCH3 is 1. The number of nitrogens with one attached hydrogen (secondary N) is 2. The van der Waals surface area contributed by atoms with Gasteiger partial charge in [-0.05, 0) is 69.2 Å². The Morgan fingerprint density at radius 2 is 1.81 bits per heavy atom. The highest BCUT2D eigenvalue weighted by atomic mass is 16.6. The van der Waals surface area contributed by atoms with Crippen molar-refractivity contribution in [2.24, 2.45) is 0 Å². The third kappa shape index (κ3) is 7.84. The molecule has 0 heterocycles. The van der Waals surface area contributed by atoms with Gasteiger partial charge in [0.25, 0.3) is 5.91 Å². The molecule has 0 spiro atoms. The van der Waals surface area contributed by atoms with E-state index < -0.39 is 42.2 Å². The number of aliphatic hydroxyl groups is 1. The highest BCUT2D eigenvalue weighted by Gasteiger charge is 2.35. The van der Waals surface area contributed by atoms with E-state index in [0.29, 0.717) is 17.0 Å². The van der Waals surface area contributed by atoms with Crippen LogP contribution in [0.1, 0.15) is 44.9 Å². The average Bonchev–Trinajstić information content (AvgIpc) is 2.84. The van der Waals surface area contributed by atoms with Crippen molar-refractivity contribution in [1.29, 1.82) is 0 Å². The molecule has 2 aromatic carbocycles. The number of aliphatic hydroxyl groups excluding tert-OH is 1. The molecule has 0 saturated heterocycles. The molecule has 9 heteroatoms. The van der Waals surface area contributed by atoms with Gasteiger partial charge in [0.15, 0.2) is 0 Å². The summed E-state index contributed by atoms with van der Waals surface area (Å²) in [5, 5.41) is 15.1. The predicted molar refractivity (Wildman–Crippen MR) is 139 cm³/mol. The molecule has 0 aliphatic carbocycles. The van der Waals surface area contributed by atoms with Crippen LogP contribution in [0.5, 0.6) is 5.75 Å². The third-order valence-corrected chi connectivity index (χ3v) is 5.18. The smallest absolute Gasteiger partial charge is 0.408 e. The zero-order chi connectivity index (χ0) is 26.9. The first kappa shape index (κ1) is 28.4. The molecule has 2 aromatic rings. The number of ether oxygens (including phenoxy) is 2.